The molecular weight excluding hydrogens is 194 g/mol. The van der Waals surface area contributed by atoms with Gasteiger partial charge in [0, 0.05) is 6.04 Å². The van der Waals surface area contributed by atoms with Gasteiger partial charge >= 0.3 is 0 Å². The molecule has 1 unspecified atom stereocenters. The van der Waals surface area contributed by atoms with Gasteiger partial charge in [-0.25, -0.2) is 0 Å². The van der Waals surface area contributed by atoms with Gasteiger partial charge < -0.3 is 5.32 Å². The molecule has 0 aromatic heterocycles. The summed E-state index contributed by atoms with van der Waals surface area (Å²) in [4.78, 5) is 0. The zero-order valence-electron chi connectivity index (χ0n) is 12.1. The Morgan fingerprint density at radius 3 is 2.00 bits per heavy atom. The maximum absolute atomic E-state index is 3.70. The lowest BCUT2D eigenvalue weighted by molar-refractivity contribution is 0.457. The molecule has 1 aliphatic rings. The summed E-state index contributed by atoms with van der Waals surface area (Å²) in [5.74, 6) is 0.765. The fourth-order valence-corrected chi connectivity index (χ4v) is 3.09. The van der Waals surface area contributed by atoms with E-state index in [-0.39, 0.29) is 0 Å². The zero-order chi connectivity index (χ0) is 12.6. The molecule has 0 aromatic carbocycles. The monoisotopic (exact) mass is 223 g/mol. The summed E-state index contributed by atoms with van der Waals surface area (Å²) in [5.41, 5.74) is 2.35. The first kappa shape index (κ1) is 13.8. The van der Waals surface area contributed by atoms with Crippen LogP contribution >= 0.6 is 0 Å². The highest BCUT2D eigenvalue weighted by Crippen LogP contribution is 2.69. The first-order chi connectivity index (χ1) is 7.25. The first-order valence-electron chi connectivity index (χ1n) is 6.63. The molecule has 0 aliphatic heterocycles. The highest BCUT2D eigenvalue weighted by Gasteiger charge is 2.66. The molecule has 0 aromatic rings. The van der Waals surface area contributed by atoms with Crippen molar-refractivity contribution in [3.63, 3.8) is 0 Å². The lowest BCUT2D eigenvalue weighted by Crippen LogP contribution is -2.32. The molecular formula is C15H29N. The van der Waals surface area contributed by atoms with Gasteiger partial charge in [-0.15, -0.1) is 0 Å². The third-order valence-electron chi connectivity index (χ3n) is 4.63. The van der Waals surface area contributed by atoms with Crippen LogP contribution in [-0.2, 0) is 0 Å². The van der Waals surface area contributed by atoms with Crippen molar-refractivity contribution in [1.82, 2.24) is 5.32 Å². The van der Waals surface area contributed by atoms with Crippen molar-refractivity contribution >= 4 is 0 Å². The summed E-state index contributed by atoms with van der Waals surface area (Å²) in [5, 5.41) is 3.70. The van der Waals surface area contributed by atoms with Crippen LogP contribution in [0.4, 0.5) is 0 Å². The minimum absolute atomic E-state index is 0.463. The van der Waals surface area contributed by atoms with E-state index in [4.69, 9.17) is 0 Å². The zero-order valence-corrected chi connectivity index (χ0v) is 12.1. The summed E-state index contributed by atoms with van der Waals surface area (Å²) in [6.07, 6.45) is 3.62. The van der Waals surface area contributed by atoms with Crippen LogP contribution in [0, 0.1) is 16.7 Å². The molecule has 1 heteroatoms. The first-order valence-corrected chi connectivity index (χ1v) is 6.63. The van der Waals surface area contributed by atoms with E-state index in [0.29, 0.717) is 16.9 Å². The molecule has 0 bridgehead atoms. The molecule has 1 nitrogen and oxygen atoms in total. The Hall–Kier alpha value is -0.300. The molecule has 1 saturated carbocycles. The molecule has 1 aliphatic carbocycles. The van der Waals surface area contributed by atoms with Gasteiger partial charge in [-0.3, -0.25) is 0 Å². The maximum Gasteiger partial charge on any atom is 0.0291 e. The van der Waals surface area contributed by atoms with E-state index in [2.05, 4.69) is 59.9 Å². The molecule has 1 rings (SSSR count). The van der Waals surface area contributed by atoms with Crippen LogP contribution < -0.4 is 5.32 Å². The van der Waals surface area contributed by atoms with E-state index in [1.54, 1.807) is 0 Å². The number of hydrogen-bond acceptors (Lipinski definition) is 1. The van der Waals surface area contributed by atoms with E-state index in [1.807, 2.05) is 0 Å². The van der Waals surface area contributed by atoms with E-state index in [0.717, 1.165) is 12.5 Å². The van der Waals surface area contributed by atoms with Crippen molar-refractivity contribution in [2.75, 3.05) is 6.54 Å². The topological polar surface area (TPSA) is 12.0 Å². The number of nitrogens with one attached hydrogen (secondary N) is 1. The summed E-state index contributed by atoms with van der Waals surface area (Å²) >= 11 is 0. The SMILES string of the molecule is CCCNC(C=C(C)C)C1C(C)(C)C1(C)C. The third-order valence-corrected chi connectivity index (χ3v) is 4.63. The van der Waals surface area contributed by atoms with Crippen LogP contribution in [-0.4, -0.2) is 12.6 Å². The Morgan fingerprint density at radius 2 is 1.69 bits per heavy atom. The minimum Gasteiger partial charge on any atom is -0.310 e. The standard InChI is InChI=1S/C15H29N/c1-8-9-16-12(10-11(2)3)13-14(4,5)15(13,6)7/h10,12-13,16H,8-9H2,1-7H3. The predicted molar refractivity (Wildman–Crippen MR) is 72.6 cm³/mol. The van der Waals surface area contributed by atoms with Gasteiger partial charge in [-0.2, -0.15) is 0 Å². The van der Waals surface area contributed by atoms with E-state index in [9.17, 15) is 0 Å². The minimum atomic E-state index is 0.463. The molecule has 1 fully saturated rings. The largest absolute Gasteiger partial charge is 0.310 e. The molecule has 94 valence electrons. The summed E-state index contributed by atoms with van der Waals surface area (Å²) < 4.78 is 0. The van der Waals surface area contributed by atoms with E-state index in [1.165, 1.54) is 12.0 Å². The van der Waals surface area contributed by atoms with Gasteiger partial charge in [0.15, 0.2) is 0 Å². The maximum atomic E-state index is 3.70. The van der Waals surface area contributed by atoms with Crippen molar-refractivity contribution in [3.05, 3.63) is 11.6 Å². The quantitative estimate of drug-likeness (QED) is 0.695. The van der Waals surface area contributed by atoms with Crippen LogP contribution in [0.3, 0.4) is 0 Å². The predicted octanol–water partition coefficient (Wildman–Crippen LogP) is 4.00. The normalized spacial score (nSPS) is 23.9. The van der Waals surface area contributed by atoms with Crippen molar-refractivity contribution in [1.29, 1.82) is 0 Å². The number of hydrogen-bond donors (Lipinski definition) is 1. The molecule has 0 saturated heterocycles. The average molecular weight is 223 g/mol. The van der Waals surface area contributed by atoms with Crippen LogP contribution in [0.5, 0.6) is 0 Å². The summed E-state index contributed by atoms with van der Waals surface area (Å²) in [7, 11) is 0. The van der Waals surface area contributed by atoms with E-state index < -0.39 is 0 Å². The second-order valence-corrected chi connectivity index (χ2v) is 6.64. The number of allylic oxidation sites excluding steroid dienone is 1. The fourth-order valence-electron chi connectivity index (χ4n) is 3.09. The highest BCUT2D eigenvalue weighted by atomic mass is 15.0. The molecule has 0 heterocycles. The van der Waals surface area contributed by atoms with E-state index >= 15 is 0 Å². The highest BCUT2D eigenvalue weighted by molar-refractivity contribution is 5.21. The van der Waals surface area contributed by atoms with Crippen LogP contribution in [0.25, 0.3) is 0 Å². The molecule has 0 amide bonds. The second kappa shape index (κ2) is 4.52. The van der Waals surface area contributed by atoms with Crippen LogP contribution in [0.15, 0.2) is 11.6 Å². The lowest BCUT2D eigenvalue weighted by atomic mass is 10.0. The Balaban J connectivity index is 2.76. The molecule has 1 atom stereocenters. The van der Waals surface area contributed by atoms with Crippen LogP contribution in [0.1, 0.15) is 54.9 Å². The van der Waals surface area contributed by atoms with Gasteiger partial charge in [0.05, 0.1) is 0 Å². The average Bonchev–Trinajstić information content (AvgIpc) is 2.51. The van der Waals surface area contributed by atoms with Gasteiger partial charge in [-0.05, 0) is 43.6 Å². The summed E-state index contributed by atoms with van der Waals surface area (Å²) in [6.45, 7) is 17.3. The van der Waals surface area contributed by atoms with Gasteiger partial charge in [0.2, 0.25) is 0 Å². The van der Waals surface area contributed by atoms with Crippen molar-refractivity contribution in [3.8, 4) is 0 Å². The Labute approximate surface area is 102 Å². The fraction of sp³-hybridized carbons (Fsp3) is 0.867. The Morgan fingerprint density at radius 1 is 1.19 bits per heavy atom. The second-order valence-electron chi connectivity index (χ2n) is 6.64. The lowest BCUT2D eigenvalue weighted by Gasteiger charge is -2.17. The molecule has 0 radical (unpaired) electrons. The van der Waals surface area contributed by atoms with Crippen LogP contribution in [0.2, 0.25) is 0 Å². The molecule has 0 spiro atoms. The van der Waals surface area contributed by atoms with Gasteiger partial charge in [-0.1, -0.05) is 46.3 Å². The third kappa shape index (κ3) is 2.34. The molecule has 1 N–H and O–H groups in total. The van der Waals surface area contributed by atoms with Crippen molar-refractivity contribution in [2.45, 2.75) is 60.9 Å². The number of rotatable bonds is 5. The Kier molecular flexibility index (Phi) is 3.89. The van der Waals surface area contributed by atoms with Crippen molar-refractivity contribution in [2.24, 2.45) is 16.7 Å². The van der Waals surface area contributed by atoms with Crippen molar-refractivity contribution < 1.29 is 0 Å². The van der Waals surface area contributed by atoms with Gasteiger partial charge in [0.1, 0.15) is 0 Å². The Bertz CT molecular complexity index is 255. The molecule has 16 heavy (non-hydrogen) atoms. The smallest absolute Gasteiger partial charge is 0.0291 e. The summed E-state index contributed by atoms with van der Waals surface area (Å²) in [6, 6.07) is 0.551. The van der Waals surface area contributed by atoms with Gasteiger partial charge in [0.25, 0.3) is 0 Å².